The highest BCUT2D eigenvalue weighted by molar-refractivity contribution is 6.20. The van der Waals surface area contributed by atoms with Crippen LogP contribution in [0.1, 0.15) is 52.4 Å². The lowest BCUT2D eigenvalue weighted by atomic mass is 9.81. The third kappa shape index (κ3) is 3.25. The van der Waals surface area contributed by atoms with Crippen LogP contribution < -0.4 is 16.0 Å². The van der Waals surface area contributed by atoms with Crippen molar-refractivity contribution in [3.8, 4) is 0 Å². The Hall–Kier alpha value is 0.130. The first-order valence-electron chi connectivity index (χ1n) is 8.80. The highest BCUT2D eigenvalue weighted by atomic mass is 35.5. The molecule has 0 spiro atoms. The summed E-state index contributed by atoms with van der Waals surface area (Å²) in [6.07, 6.45) is 8.36. The largest absolute Gasteiger partial charge is 0.310 e. The Kier molecular flexibility index (Phi) is 5.12. The van der Waals surface area contributed by atoms with Crippen LogP contribution in [0.25, 0.3) is 0 Å². The predicted octanol–water partition coefficient (Wildman–Crippen LogP) is 2.05. The molecule has 0 aromatic heterocycles. The summed E-state index contributed by atoms with van der Waals surface area (Å²) in [7, 11) is 0. The lowest BCUT2D eigenvalue weighted by Crippen LogP contribution is -2.68. The highest BCUT2D eigenvalue weighted by Gasteiger charge is 2.44. The summed E-state index contributed by atoms with van der Waals surface area (Å²) in [5.74, 6) is 0. The van der Waals surface area contributed by atoms with E-state index in [9.17, 15) is 0 Å². The molecule has 0 amide bonds. The van der Waals surface area contributed by atoms with Gasteiger partial charge in [-0.25, -0.2) is 0 Å². The summed E-state index contributed by atoms with van der Waals surface area (Å²) in [4.78, 5) is 2.76. The fourth-order valence-corrected chi connectivity index (χ4v) is 4.60. The number of hydrogen-bond acceptors (Lipinski definition) is 4. The molecule has 122 valence electrons. The number of halogens is 1. The molecule has 3 unspecified atom stereocenters. The first-order valence-corrected chi connectivity index (χ1v) is 9.24. The minimum absolute atomic E-state index is 0.104. The normalized spacial score (nSPS) is 38.1. The van der Waals surface area contributed by atoms with E-state index in [0.29, 0.717) is 17.6 Å². The Labute approximate surface area is 134 Å². The summed E-state index contributed by atoms with van der Waals surface area (Å²) < 4.78 is 0. The molecule has 0 radical (unpaired) electrons. The van der Waals surface area contributed by atoms with Crippen molar-refractivity contribution in [3.05, 3.63) is 0 Å². The van der Waals surface area contributed by atoms with Crippen molar-refractivity contribution in [3.63, 3.8) is 0 Å². The molecule has 5 heteroatoms. The molecule has 3 rings (SSSR count). The molecular weight excluding hydrogens is 284 g/mol. The molecule has 3 N–H and O–H groups in total. The second-order valence-electron chi connectivity index (χ2n) is 7.19. The zero-order chi connectivity index (χ0) is 14.9. The minimum atomic E-state index is -0.104. The van der Waals surface area contributed by atoms with E-state index < -0.39 is 0 Å². The van der Waals surface area contributed by atoms with Crippen molar-refractivity contribution < 1.29 is 0 Å². The summed E-state index contributed by atoms with van der Waals surface area (Å²) in [5, 5.41) is 10.8. The SMILES string of the molecule is CCC1(CC)CNC2CNC(Cl)NC2N(C2CCCC2)C1. The number of hydrogen-bond donors (Lipinski definition) is 3. The number of fused-ring (bicyclic) bond motifs is 1. The lowest BCUT2D eigenvalue weighted by Gasteiger charge is -2.45. The third-order valence-electron chi connectivity index (χ3n) is 6.12. The maximum absolute atomic E-state index is 6.32. The second-order valence-corrected chi connectivity index (χ2v) is 7.62. The average Bonchev–Trinajstić information content (AvgIpc) is 2.98. The molecule has 2 saturated heterocycles. The van der Waals surface area contributed by atoms with E-state index in [0.717, 1.165) is 19.1 Å². The maximum Gasteiger partial charge on any atom is 0.136 e. The molecule has 2 heterocycles. The van der Waals surface area contributed by atoms with Crippen LogP contribution in [0.5, 0.6) is 0 Å². The molecular formula is C16H31ClN4. The van der Waals surface area contributed by atoms with Crippen molar-refractivity contribution in [1.29, 1.82) is 0 Å². The number of nitrogens with one attached hydrogen (secondary N) is 3. The van der Waals surface area contributed by atoms with Gasteiger partial charge in [-0.05, 0) is 31.1 Å². The molecule has 0 aromatic rings. The third-order valence-corrected chi connectivity index (χ3v) is 6.40. The standard InChI is InChI=1S/C16H31ClN4/c1-3-16(4-2)10-19-13-9-18-15(17)20-14(13)21(11-16)12-7-5-6-8-12/h12-15,18-20H,3-11H2,1-2H3. The van der Waals surface area contributed by atoms with Gasteiger partial charge in [0.2, 0.25) is 0 Å². The topological polar surface area (TPSA) is 39.3 Å². The van der Waals surface area contributed by atoms with Gasteiger partial charge in [-0.15, -0.1) is 0 Å². The first-order chi connectivity index (χ1) is 10.2. The zero-order valence-electron chi connectivity index (χ0n) is 13.5. The number of nitrogens with zero attached hydrogens (tertiary/aromatic N) is 1. The molecule has 3 atom stereocenters. The molecule has 4 nitrogen and oxygen atoms in total. The van der Waals surface area contributed by atoms with E-state index in [1.807, 2.05) is 0 Å². The van der Waals surface area contributed by atoms with Crippen LogP contribution >= 0.6 is 11.6 Å². The van der Waals surface area contributed by atoms with Crippen LogP contribution in [-0.2, 0) is 0 Å². The van der Waals surface area contributed by atoms with Gasteiger partial charge in [0.1, 0.15) is 5.62 Å². The van der Waals surface area contributed by atoms with Crippen molar-refractivity contribution in [2.45, 2.75) is 76.2 Å². The molecule has 1 saturated carbocycles. The average molecular weight is 315 g/mol. The van der Waals surface area contributed by atoms with Crippen LogP contribution in [0.3, 0.4) is 0 Å². The van der Waals surface area contributed by atoms with Gasteiger partial charge in [0.25, 0.3) is 0 Å². The lowest BCUT2D eigenvalue weighted by molar-refractivity contribution is 0.0458. The van der Waals surface area contributed by atoms with Crippen molar-refractivity contribution in [2.75, 3.05) is 19.6 Å². The quantitative estimate of drug-likeness (QED) is 0.551. The molecule has 3 aliphatic rings. The van der Waals surface area contributed by atoms with E-state index in [-0.39, 0.29) is 5.62 Å². The van der Waals surface area contributed by atoms with Gasteiger partial charge in [-0.1, -0.05) is 38.3 Å². The Morgan fingerprint density at radius 2 is 1.86 bits per heavy atom. The van der Waals surface area contributed by atoms with E-state index in [1.54, 1.807) is 0 Å². The summed E-state index contributed by atoms with van der Waals surface area (Å²) in [5.41, 5.74) is 0.302. The number of rotatable bonds is 3. The van der Waals surface area contributed by atoms with Crippen LogP contribution in [0.4, 0.5) is 0 Å². The van der Waals surface area contributed by atoms with Crippen molar-refractivity contribution in [2.24, 2.45) is 5.41 Å². The van der Waals surface area contributed by atoms with Crippen molar-refractivity contribution >= 4 is 11.6 Å². The van der Waals surface area contributed by atoms with Gasteiger partial charge >= 0.3 is 0 Å². The highest BCUT2D eigenvalue weighted by Crippen LogP contribution is 2.35. The molecule has 0 aromatic carbocycles. The van der Waals surface area contributed by atoms with Crippen LogP contribution in [0.15, 0.2) is 0 Å². The van der Waals surface area contributed by atoms with Crippen molar-refractivity contribution in [1.82, 2.24) is 20.9 Å². The first kappa shape index (κ1) is 16.0. The number of alkyl halides is 1. The Morgan fingerprint density at radius 3 is 2.52 bits per heavy atom. The van der Waals surface area contributed by atoms with Crippen LogP contribution in [0, 0.1) is 5.41 Å². The molecule has 3 fully saturated rings. The van der Waals surface area contributed by atoms with Crippen LogP contribution in [-0.4, -0.2) is 48.4 Å². The minimum Gasteiger partial charge on any atom is -0.310 e. The van der Waals surface area contributed by atoms with Gasteiger partial charge in [-0.3, -0.25) is 15.5 Å². The summed E-state index contributed by atoms with van der Waals surface area (Å²) >= 11 is 6.32. The van der Waals surface area contributed by atoms with Crippen LogP contribution in [0.2, 0.25) is 0 Å². The van der Waals surface area contributed by atoms with Gasteiger partial charge in [-0.2, -0.15) is 0 Å². The predicted molar refractivity (Wildman–Crippen MR) is 88.3 cm³/mol. The van der Waals surface area contributed by atoms with Gasteiger partial charge in [0.05, 0.1) is 6.17 Å². The van der Waals surface area contributed by atoms with Gasteiger partial charge in [0, 0.05) is 31.7 Å². The Bertz CT molecular complexity index is 341. The summed E-state index contributed by atoms with van der Waals surface area (Å²) in [6.45, 7) is 7.99. The Balaban J connectivity index is 1.84. The molecule has 1 aliphatic carbocycles. The van der Waals surface area contributed by atoms with E-state index in [1.165, 1.54) is 45.1 Å². The Morgan fingerprint density at radius 1 is 1.14 bits per heavy atom. The smallest absolute Gasteiger partial charge is 0.136 e. The summed E-state index contributed by atoms with van der Waals surface area (Å²) in [6, 6.07) is 1.20. The van der Waals surface area contributed by atoms with E-state index >= 15 is 0 Å². The van der Waals surface area contributed by atoms with E-state index in [4.69, 9.17) is 11.6 Å². The van der Waals surface area contributed by atoms with Gasteiger partial charge in [0.15, 0.2) is 0 Å². The van der Waals surface area contributed by atoms with Gasteiger partial charge < -0.3 is 5.32 Å². The van der Waals surface area contributed by atoms with E-state index in [2.05, 4.69) is 34.7 Å². The fourth-order valence-electron chi connectivity index (χ4n) is 4.38. The second kappa shape index (κ2) is 6.71. The monoisotopic (exact) mass is 314 g/mol. The maximum atomic E-state index is 6.32. The molecule has 21 heavy (non-hydrogen) atoms. The zero-order valence-corrected chi connectivity index (χ0v) is 14.3. The fraction of sp³-hybridized carbons (Fsp3) is 1.00. The molecule has 0 bridgehead atoms. The molecule has 2 aliphatic heterocycles.